The summed E-state index contributed by atoms with van der Waals surface area (Å²) in [5, 5.41) is 0. The molecule has 3 nitrogen and oxygen atoms in total. The Labute approximate surface area is 139 Å². The number of allylic oxidation sites excluding steroid dienone is 1. The van der Waals surface area contributed by atoms with Gasteiger partial charge in [0.15, 0.2) is 11.6 Å². The van der Waals surface area contributed by atoms with Crippen LogP contribution in [0.3, 0.4) is 0 Å². The number of nitrogens with zero attached hydrogens (tertiary/aromatic N) is 1. The van der Waals surface area contributed by atoms with Gasteiger partial charge < -0.3 is 4.90 Å². The normalized spacial score (nSPS) is 17.6. The molecule has 1 aliphatic heterocycles. The number of hydrogen-bond donors (Lipinski definition) is 0. The zero-order chi connectivity index (χ0) is 17.3. The molecule has 1 aliphatic rings. The molecule has 23 heavy (non-hydrogen) atoms. The minimum Gasteiger partial charge on any atom is -0.372 e. The molecule has 2 rings (SSSR count). The number of hydrogen-bond acceptors (Lipinski definition) is 3. The predicted molar refractivity (Wildman–Crippen MR) is 93.3 cm³/mol. The second-order valence-corrected chi connectivity index (χ2v) is 7.93. The van der Waals surface area contributed by atoms with Gasteiger partial charge in [-0.3, -0.25) is 9.59 Å². The van der Waals surface area contributed by atoms with E-state index in [1.165, 1.54) is 0 Å². The summed E-state index contributed by atoms with van der Waals surface area (Å²) < 4.78 is 0. The van der Waals surface area contributed by atoms with Gasteiger partial charge in [0.2, 0.25) is 0 Å². The number of carbonyl (C=O) groups excluding carboxylic acids is 2. The maximum Gasteiger partial charge on any atom is 0.170 e. The van der Waals surface area contributed by atoms with Crippen LogP contribution in [-0.4, -0.2) is 28.6 Å². The molecule has 3 heteroatoms. The van der Waals surface area contributed by atoms with E-state index in [2.05, 4.69) is 39.5 Å². The van der Waals surface area contributed by atoms with Gasteiger partial charge in [0.1, 0.15) is 0 Å². The Morgan fingerprint density at radius 3 is 2.26 bits per heavy atom. The van der Waals surface area contributed by atoms with Gasteiger partial charge in [-0.2, -0.15) is 0 Å². The Morgan fingerprint density at radius 1 is 1.09 bits per heavy atom. The summed E-state index contributed by atoms with van der Waals surface area (Å²) in [6.07, 6.45) is 2.84. The van der Waals surface area contributed by atoms with Crippen molar-refractivity contribution in [2.75, 3.05) is 6.54 Å². The van der Waals surface area contributed by atoms with Gasteiger partial charge in [-0.15, -0.1) is 0 Å². The Hall–Kier alpha value is -1.90. The van der Waals surface area contributed by atoms with E-state index in [0.717, 1.165) is 18.5 Å². The average molecular weight is 313 g/mol. The van der Waals surface area contributed by atoms with Crippen LogP contribution in [0.2, 0.25) is 0 Å². The first kappa shape index (κ1) is 17.5. The van der Waals surface area contributed by atoms with Gasteiger partial charge in [-0.25, -0.2) is 0 Å². The van der Waals surface area contributed by atoms with Crippen molar-refractivity contribution in [2.45, 2.75) is 53.0 Å². The number of Topliss-reactive ketones (excluding diaryl/α,β-unsaturated/α-hetero) is 2. The molecule has 1 heterocycles. The van der Waals surface area contributed by atoms with E-state index in [9.17, 15) is 9.59 Å². The third kappa shape index (κ3) is 4.10. The third-order valence-corrected chi connectivity index (χ3v) is 4.57. The molecule has 0 unspecified atom stereocenters. The van der Waals surface area contributed by atoms with Crippen molar-refractivity contribution in [1.29, 1.82) is 0 Å². The molecule has 0 atom stereocenters. The molecule has 124 valence electrons. The van der Waals surface area contributed by atoms with Crippen molar-refractivity contribution in [2.24, 2.45) is 5.41 Å². The van der Waals surface area contributed by atoms with E-state index in [1.807, 2.05) is 24.4 Å². The fraction of sp³-hybridized carbons (Fsp3) is 0.500. The molecule has 0 saturated heterocycles. The van der Waals surface area contributed by atoms with Crippen LogP contribution in [0, 0.1) is 5.41 Å². The zero-order valence-corrected chi connectivity index (χ0v) is 14.8. The van der Waals surface area contributed by atoms with Crippen LogP contribution in [-0.2, 0) is 4.79 Å². The Bertz CT molecular complexity index is 621. The topological polar surface area (TPSA) is 37.4 Å². The molecule has 1 aromatic carbocycles. The quantitative estimate of drug-likeness (QED) is 0.616. The minimum absolute atomic E-state index is 0.0224. The smallest absolute Gasteiger partial charge is 0.170 e. The Morgan fingerprint density at radius 2 is 1.70 bits per heavy atom. The molecule has 0 aromatic heterocycles. The summed E-state index contributed by atoms with van der Waals surface area (Å²) in [4.78, 5) is 27.3. The molecule has 0 aliphatic carbocycles. The number of ketones is 2. The molecule has 1 aromatic rings. The van der Waals surface area contributed by atoms with Crippen LogP contribution in [0.25, 0.3) is 0 Å². The molecule has 0 bridgehead atoms. The summed E-state index contributed by atoms with van der Waals surface area (Å²) >= 11 is 0. The molecule has 0 amide bonds. The van der Waals surface area contributed by atoms with Crippen molar-refractivity contribution in [1.82, 2.24) is 4.90 Å². The third-order valence-electron chi connectivity index (χ3n) is 4.57. The lowest BCUT2D eigenvalue weighted by atomic mass is 9.75. The van der Waals surface area contributed by atoms with Gasteiger partial charge in [0.25, 0.3) is 0 Å². The number of rotatable bonds is 4. The Kier molecular flexibility index (Phi) is 4.79. The van der Waals surface area contributed by atoms with Crippen LogP contribution in [0.15, 0.2) is 42.1 Å². The summed E-state index contributed by atoms with van der Waals surface area (Å²) in [7, 11) is 0. The van der Waals surface area contributed by atoms with Crippen LogP contribution < -0.4 is 0 Å². The van der Waals surface area contributed by atoms with Crippen LogP contribution in [0.4, 0.5) is 0 Å². The van der Waals surface area contributed by atoms with Gasteiger partial charge >= 0.3 is 0 Å². The number of benzene rings is 1. The van der Waals surface area contributed by atoms with Crippen molar-refractivity contribution in [3.05, 3.63) is 47.7 Å². The second kappa shape index (κ2) is 6.31. The van der Waals surface area contributed by atoms with Crippen molar-refractivity contribution in [3.8, 4) is 0 Å². The molecule has 0 fully saturated rings. The lowest BCUT2D eigenvalue weighted by Gasteiger charge is -2.43. The lowest BCUT2D eigenvalue weighted by Crippen LogP contribution is -2.44. The first-order chi connectivity index (χ1) is 10.6. The lowest BCUT2D eigenvalue weighted by molar-refractivity contribution is -0.116. The maximum absolute atomic E-state index is 12.8. The maximum atomic E-state index is 12.8. The fourth-order valence-electron chi connectivity index (χ4n) is 2.88. The molecular formula is C20H27NO2. The average Bonchev–Trinajstić information content (AvgIpc) is 2.46. The summed E-state index contributed by atoms with van der Waals surface area (Å²) in [5.41, 5.74) is 1.16. The van der Waals surface area contributed by atoms with Gasteiger partial charge in [0, 0.05) is 29.4 Å². The van der Waals surface area contributed by atoms with Crippen molar-refractivity contribution in [3.63, 3.8) is 0 Å². The molecule has 0 radical (unpaired) electrons. The molecular weight excluding hydrogens is 286 g/mol. The highest BCUT2D eigenvalue weighted by Crippen LogP contribution is 2.37. The molecule has 0 spiro atoms. The highest BCUT2D eigenvalue weighted by atomic mass is 16.1. The Balaban J connectivity index is 2.21. The highest BCUT2D eigenvalue weighted by Gasteiger charge is 2.35. The minimum atomic E-state index is -0.185. The first-order valence-electron chi connectivity index (χ1n) is 8.22. The van der Waals surface area contributed by atoms with Crippen LogP contribution >= 0.6 is 0 Å². The first-order valence-corrected chi connectivity index (χ1v) is 8.22. The van der Waals surface area contributed by atoms with E-state index in [-0.39, 0.29) is 28.9 Å². The summed E-state index contributed by atoms with van der Waals surface area (Å²) in [6.45, 7) is 11.5. The van der Waals surface area contributed by atoms with Gasteiger partial charge in [-0.1, -0.05) is 44.2 Å². The summed E-state index contributed by atoms with van der Waals surface area (Å²) in [6, 6.07) is 9.03. The molecule has 0 N–H and O–H groups in total. The zero-order valence-electron chi connectivity index (χ0n) is 14.8. The monoisotopic (exact) mass is 313 g/mol. The van der Waals surface area contributed by atoms with E-state index in [1.54, 1.807) is 12.1 Å². The van der Waals surface area contributed by atoms with Crippen LogP contribution in [0.5, 0.6) is 0 Å². The van der Waals surface area contributed by atoms with E-state index >= 15 is 0 Å². The highest BCUT2D eigenvalue weighted by molar-refractivity contribution is 6.13. The van der Waals surface area contributed by atoms with Crippen molar-refractivity contribution >= 4 is 11.6 Å². The predicted octanol–water partition coefficient (Wildman–Crippen LogP) is 4.24. The number of carbonyl (C=O) groups is 2. The van der Waals surface area contributed by atoms with Crippen molar-refractivity contribution < 1.29 is 9.59 Å². The SMILES string of the molecule is CC1(C)CCN(C(C)(C)C)C=C1C(=O)CC(=O)c1ccccc1. The molecule has 0 saturated carbocycles. The standard InChI is InChI=1S/C20H27NO2/c1-19(2,3)21-12-11-20(4,5)16(14-21)18(23)13-17(22)15-9-7-6-8-10-15/h6-10,14H,11-13H2,1-5H3. The van der Waals surface area contributed by atoms with E-state index in [4.69, 9.17) is 0 Å². The largest absolute Gasteiger partial charge is 0.372 e. The summed E-state index contributed by atoms with van der Waals surface area (Å²) in [5.74, 6) is -0.169. The van der Waals surface area contributed by atoms with Gasteiger partial charge in [0.05, 0.1) is 6.42 Å². The van der Waals surface area contributed by atoms with Gasteiger partial charge in [-0.05, 0) is 32.6 Å². The van der Waals surface area contributed by atoms with Crippen LogP contribution in [0.1, 0.15) is 57.8 Å². The fourth-order valence-corrected chi connectivity index (χ4v) is 2.88. The van der Waals surface area contributed by atoms with E-state index < -0.39 is 0 Å². The second-order valence-electron chi connectivity index (χ2n) is 7.93. The van der Waals surface area contributed by atoms with E-state index in [0.29, 0.717) is 5.56 Å².